The second-order valence-electron chi connectivity index (χ2n) is 6.72. The van der Waals surface area contributed by atoms with E-state index >= 15 is 0 Å². The van der Waals surface area contributed by atoms with Crippen molar-refractivity contribution in [3.05, 3.63) is 54.5 Å². The molecule has 0 aliphatic carbocycles. The van der Waals surface area contributed by atoms with Crippen LogP contribution in [0, 0.1) is 0 Å². The second kappa shape index (κ2) is 13.3. The SMILES string of the molecule is CC=C=CCC(=O)Oc1ccc(-c2ncc(OCCCCCCCC)cn2)cc1. The molecule has 1 heterocycles. The number of carbonyl (C=O) groups is 1. The van der Waals surface area contributed by atoms with Crippen molar-refractivity contribution in [1.82, 2.24) is 9.97 Å². The zero-order valence-electron chi connectivity index (χ0n) is 17.4. The number of esters is 1. The molecule has 0 N–H and O–H groups in total. The van der Waals surface area contributed by atoms with Crippen molar-refractivity contribution < 1.29 is 14.3 Å². The van der Waals surface area contributed by atoms with E-state index in [1.165, 1.54) is 32.1 Å². The molecule has 154 valence electrons. The zero-order chi connectivity index (χ0) is 20.7. The summed E-state index contributed by atoms with van der Waals surface area (Å²) in [5, 5.41) is 0. The Hall–Kier alpha value is -2.91. The van der Waals surface area contributed by atoms with Crippen LogP contribution in [-0.2, 0) is 4.79 Å². The van der Waals surface area contributed by atoms with Crippen molar-refractivity contribution in [2.45, 2.75) is 58.8 Å². The highest BCUT2D eigenvalue weighted by Gasteiger charge is 2.06. The standard InChI is InChI=1S/C24H30N2O3/c1-3-5-7-8-9-11-17-28-22-18-25-24(26-19-22)20-13-15-21(16-14-20)29-23(27)12-10-6-4-2/h4,10,13-16,18-19H,3,5,7-9,11-12,17H2,1-2H3. The third kappa shape index (κ3) is 8.75. The van der Waals surface area contributed by atoms with Crippen LogP contribution in [-0.4, -0.2) is 22.5 Å². The highest BCUT2D eigenvalue weighted by molar-refractivity contribution is 5.74. The Morgan fingerprint density at radius 2 is 1.69 bits per heavy atom. The molecule has 0 fully saturated rings. The van der Waals surface area contributed by atoms with Gasteiger partial charge >= 0.3 is 5.97 Å². The number of aromatic nitrogens is 2. The molecule has 0 atom stereocenters. The van der Waals surface area contributed by atoms with Crippen LogP contribution < -0.4 is 9.47 Å². The smallest absolute Gasteiger partial charge is 0.315 e. The number of ether oxygens (including phenoxy) is 2. The van der Waals surface area contributed by atoms with Gasteiger partial charge in [-0.2, -0.15) is 0 Å². The van der Waals surface area contributed by atoms with Gasteiger partial charge in [0.2, 0.25) is 0 Å². The number of rotatable bonds is 12. The van der Waals surface area contributed by atoms with Crippen molar-refractivity contribution >= 4 is 5.97 Å². The Balaban J connectivity index is 1.79. The predicted octanol–water partition coefficient (Wildman–Crippen LogP) is 5.91. The maximum absolute atomic E-state index is 11.7. The van der Waals surface area contributed by atoms with Crippen LogP contribution in [0.5, 0.6) is 11.5 Å². The summed E-state index contributed by atoms with van der Waals surface area (Å²) in [5.74, 6) is 1.45. The molecular formula is C24H30N2O3. The van der Waals surface area contributed by atoms with Crippen molar-refractivity contribution in [2.75, 3.05) is 6.61 Å². The summed E-state index contributed by atoms with van der Waals surface area (Å²) in [6.45, 7) is 4.76. The third-order valence-corrected chi connectivity index (χ3v) is 4.29. The number of hydrogen-bond acceptors (Lipinski definition) is 5. The summed E-state index contributed by atoms with van der Waals surface area (Å²) in [7, 11) is 0. The van der Waals surface area contributed by atoms with Gasteiger partial charge in [0.15, 0.2) is 11.6 Å². The van der Waals surface area contributed by atoms with Crippen molar-refractivity contribution in [1.29, 1.82) is 0 Å². The molecule has 29 heavy (non-hydrogen) atoms. The minimum atomic E-state index is -0.324. The molecule has 0 radical (unpaired) electrons. The van der Waals surface area contributed by atoms with E-state index in [0.29, 0.717) is 23.9 Å². The van der Waals surface area contributed by atoms with E-state index < -0.39 is 0 Å². The van der Waals surface area contributed by atoms with Gasteiger partial charge in [0.1, 0.15) is 5.75 Å². The van der Waals surface area contributed by atoms with Gasteiger partial charge in [-0.3, -0.25) is 4.79 Å². The normalized spacial score (nSPS) is 10.1. The largest absolute Gasteiger partial charge is 0.490 e. The fraction of sp³-hybridized carbons (Fsp3) is 0.417. The Morgan fingerprint density at radius 3 is 2.38 bits per heavy atom. The number of carbonyl (C=O) groups excluding carboxylic acids is 1. The number of nitrogens with zero attached hydrogens (tertiary/aromatic N) is 2. The first-order chi connectivity index (χ1) is 14.2. The maximum Gasteiger partial charge on any atom is 0.315 e. The van der Waals surface area contributed by atoms with Gasteiger partial charge in [0.05, 0.1) is 25.4 Å². The first-order valence-corrected chi connectivity index (χ1v) is 10.3. The highest BCUT2D eigenvalue weighted by atomic mass is 16.5. The van der Waals surface area contributed by atoms with Crippen LogP contribution in [0.4, 0.5) is 0 Å². The quantitative estimate of drug-likeness (QED) is 0.194. The summed E-state index contributed by atoms with van der Waals surface area (Å²) < 4.78 is 11.0. The number of benzene rings is 1. The lowest BCUT2D eigenvalue weighted by molar-refractivity contribution is -0.133. The minimum Gasteiger partial charge on any atom is -0.490 e. The predicted molar refractivity (Wildman–Crippen MR) is 115 cm³/mol. The summed E-state index contributed by atoms with van der Waals surface area (Å²) in [5.41, 5.74) is 3.70. The van der Waals surface area contributed by atoms with Gasteiger partial charge < -0.3 is 9.47 Å². The molecule has 1 aromatic carbocycles. The van der Waals surface area contributed by atoms with Crippen molar-refractivity contribution in [3.8, 4) is 22.9 Å². The average Bonchev–Trinajstić information content (AvgIpc) is 2.74. The minimum absolute atomic E-state index is 0.190. The van der Waals surface area contributed by atoms with Crippen LogP contribution >= 0.6 is 0 Å². The molecule has 0 amide bonds. The average molecular weight is 395 g/mol. The van der Waals surface area contributed by atoms with E-state index in [4.69, 9.17) is 9.47 Å². The molecule has 2 aromatic rings. The van der Waals surface area contributed by atoms with E-state index in [0.717, 1.165) is 12.0 Å². The fourth-order valence-electron chi connectivity index (χ4n) is 2.72. The highest BCUT2D eigenvalue weighted by Crippen LogP contribution is 2.21. The Labute approximate surface area is 173 Å². The summed E-state index contributed by atoms with van der Waals surface area (Å²) in [6, 6.07) is 7.13. The molecule has 0 unspecified atom stereocenters. The molecule has 5 nitrogen and oxygen atoms in total. The lowest BCUT2D eigenvalue weighted by atomic mass is 10.1. The zero-order valence-corrected chi connectivity index (χ0v) is 17.4. The fourth-order valence-corrected chi connectivity index (χ4v) is 2.72. The molecule has 0 aliphatic heterocycles. The molecule has 0 bridgehead atoms. The molecule has 1 aromatic heterocycles. The van der Waals surface area contributed by atoms with Gasteiger partial charge in [-0.1, -0.05) is 39.0 Å². The van der Waals surface area contributed by atoms with E-state index in [9.17, 15) is 4.79 Å². The van der Waals surface area contributed by atoms with Gasteiger partial charge in [-0.05, 0) is 49.8 Å². The molecule has 0 aliphatic rings. The first-order valence-electron chi connectivity index (χ1n) is 10.3. The monoisotopic (exact) mass is 394 g/mol. The van der Waals surface area contributed by atoms with E-state index in [1.807, 2.05) is 19.1 Å². The van der Waals surface area contributed by atoms with Gasteiger partial charge in [-0.25, -0.2) is 9.97 Å². The second-order valence-corrected chi connectivity index (χ2v) is 6.72. The lowest BCUT2D eigenvalue weighted by Gasteiger charge is -2.07. The van der Waals surface area contributed by atoms with Crippen LogP contribution in [0.1, 0.15) is 58.8 Å². The summed E-state index contributed by atoms with van der Waals surface area (Å²) in [6.07, 6.45) is 14.4. The third-order valence-electron chi connectivity index (χ3n) is 4.29. The Kier molecular flexibility index (Phi) is 10.3. The molecule has 5 heteroatoms. The van der Waals surface area contributed by atoms with Crippen molar-refractivity contribution in [3.63, 3.8) is 0 Å². The van der Waals surface area contributed by atoms with E-state index in [1.54, 1.807) is 36.7 Å². The molecule has 0 saturated carbocycles. The van der Waals surface area contributed by atoms with Gasteiger partial charge in [0.25, 0.3) is 0 Å². The van der Waals surface area contributed by atoms with Gasteiger partial charge in [0, 0.05) is 5.56 Å². The van der Waals surface area contributed by atoms with Gasteiger partial charge in [-0.15, -0.1) is 5.73 Å². The van der Waals surface area contributed by atoms with E-state index in [-0.39, 0.29) is 12.4 Å². The topological polar surface area (TPSA) is 61.3 Å². The Morgan fingerprint density at radius 1 is 1.00 bits per heavy atom. The van der Waals surface area contributed by atoms with Crippen LogP contribution in [0.25, 0.3) is 11.4 Å². The molecule has 0 spiro atoms. The number of hydrogen-bond donors (Lipinski definition) is 0. The van der Waals surface area contributed by atoms with Crippen molar-refractivity contribution in [2.24, 2.45) is 0 Å². The van der Waals surface area contributed by atoms with Crippen LogP contribution in [0.15, 0.2) is 54.5 Å². The summed E-state index contributed by atoms with van der Waals surface area (Å²) >= 11 is 0. The lowest BCUT2D eigenvalue weighted by Crippen LogP contribution is -2.05. The molecule has 2 rings (SSSR count). The molecular weight excluding hydrogens is 364 g/mol. The van der Waals surface area contributed by atoms with E-state index in [2.05, 4.69) is 22.6 Å². The maximum atomic E-state index is 11.7. The molecule has 0 saturated heterocycles. The van der Waals surface area contributed by atoms with Crippen LogP contribution in [0.3, 0.4) is 0 Å². The van der Waals surface area contributed by atoms with Crippen LogP contribution in [0.2, 0.25) is 0 Å². The first kappa shape index (κ1) is 22.4. The summed E-state index contributed by atoms with van der Waals surface area (Å²) in [4.78, 5) is 20.4. The Bertz CT molecular complexity index is 792. The number of unbranched alkanes of at least 4 members (excludes halogenated alkanes) is 5.